The number of amides is 2. The molecule has 0 fully saturated rings. The Labute approximate surface area is 120 Å². The van der Waals surface area contributed by atoms with E-state index in [1.54, 1.807) is 31.1 Å². The van der Waals surface area contributed by atoms with Gasteiger partial charge >= 0.3 is 0 Å². The van der Waals surface area contributed by atoms with Crippen molar-refractivity contribution >= 4 is 11.8 Å². The minimum Gasteiger partial charge on any atom is -0.345 e. The standard InChI is InChI=1S/C15H23N3O2/c1-4-18(14(19)9-10-16)11-12-5-7-13(8-6-12)15(20)17(2)3/h5-8H,4,9-11,16H2,1-3H3. The predicted molar refractivity (Wildman–Crippen MR) is 79.2 cm³/mol. The second-order valence-electron chi connectivity index (χ2n) is 4.84. The van der Waals surface area contributed by atoms with E-state index < -0.39 is 0 Å². The summed E-state index contributed by atoms with van der Waals surface area (Å²) in [6, 6.07) is 7.35. The molecule has 0 heterocycles. The molecule has 5 nitrogen and oxygen atoms in total. The number of hydrogen-bond acceptors (Lipinski definition) is 3. The van der Waals surface area contributed by atoms with Crippen LogP contribution in [0.5, 0.6) is 0 Å². The Balaban J connectivity index is 2.73. The molecule has 0 radical (unpaired) electrons. The maximum atomic E-state index is 11.8. The molecule has 0 saturated heterocycles. The van der Waals surface area contributed by atoms with Crippen molar-refractivity contribution in [2.75, 3.05) is 27.2 Å². The Kier molecular flexibility index (Phi) is 6.18. The third kappa shape index (κ3) is 4.35. The first-order valence-corrected chi connectivity index (χ1v) is 6.78. The summed E-state index contributed by atoms with van der Waals surface area (Å²) in [5.74, 6) is 0.0338. The average Bonchev–Trinajstić information content (AvgIpc) is 2.44. The van der Waals surface area contributed by atoms with Gasteiger partial charge in [-0.25, -0.2) is 0 Å². The van der Waals surface area contributed by atoms with E-state index in [4.69, 9.17) is 5.73 Å². The maximum Gasteiger partial charge on any atom is 0.253 e. The highest BCUT2D eigenvalue weighted by Crippen LogP contribution is 2.10. The fourth-order valence-electron chi connectivity index (χ4n) is 1.89. The SMILES string of the molecule is CCN(Cc1ccc(C(=O)N(C)C)cc1)C(=O)CCN. The van der Waals surface area contributed by atoms with Gasteiger partial charge in [-0.1, -0.05) is 12.1 Å². The van der Waals surface area contributed by atoms with Gasteiger partial charge in [0, 0.05) is 45.7 Å². The monoisotopic (exact) mass is 277 g/mol. The van der Waals surface area contributed by atoms with E-state index >= 15 is 0 Å². The van der Waals surface area contributed by atoms with Crippen LogP contribution in [-0.2, 0) is 11.3 Å². The van der Waals surface area contributed by atoms with Gasteiger partial charge in [0.2, 0.25) is 5.91 Å². The van der Waals surface area contributed by atoms with Gasteiger partial charge in [-0.3, -0.25) is 9.59 Å². The number of carbonyl (C=O) groups excluding carboxylic acids is 2. The van der Waals surface area contributed by atoms with Crippen molar-refractivity contribution in [3.05, 3.63) is 35.4 Å². The molecule has 2 amide bonds. The van der Waals surface area contributed by atoms with E-state index in [-0.39, 0.29) is 11.8 Å². The van der Waals surface area contributed by atoms with Gasteiger partial charge < -0.3 is 15.5 Å². The summed E-state index contributed by atoms with van der Waals surface area (Å²) in [5.41, 5.74) is 7.06. The number of hydrogen-bond donors (Lipinski definition) is 1. The first-order chi connectivity index (χ1) is 9.49. The molecule has 2 N–H and O–H groups in total. The lowest BCUT2D eigenvalue weighted by Gasteiger charge is -2.21. The molecule has 0 atom stereocenters. The van der Waals surface area contributed by atoms with Gasteiger partial charge in [0.1, 0.15) is 0 Å². The number of carbonyl (C=O) groups is 2. The topological polar surface area (TPSA) is 66.6 Å². The zero-order chi connectivity index (χ0) is 15.1. The third-order valence-corrected chi connectivity index (χ3v) is 3.07. The molecule has 1 aromatic carbocycles. The molecule has 0 aromatic heterocycles. The summed E-state index contributed by atoms with van der Waals surface area (Å²) in [7, 11) is 3.45. The lowest BCUT2D eigenvalue weighted by atomic mass is 10.1. The highest BCUT2D eigenvalue weighted by atomic mass is 16.2. The van der Waals surface area contributed by atoms with Crippen molar-refractivity contribution in [2.45, 2.75) is 19.9 Å². The molecule has 0 aliphatic rings. The molecule has 5 heteroatoms. The Hall–Kier alpha value is -1.88. The van der Waals surface area contributed by atoms with Crippen molar-refractivity contribution in [3.63, 3.8) is 0 Å². The fraction of sp³-hybridized carbons (Fsp3) is 0.467. The van der Waals surface area contributed by atoms with Crippen molar-refractivity contribution in [1.82, 2.24) is 9.80 Å². The van der Waals surface area contributed by atoms with E-state index in [2.05, 4.69) is 0 Å². The molecule has 0 unspecified atom stereocenters. The Morgan fingerprint density at radius 2 is 1.75 bits per heavy atom. The van der Waals surface area contributed by atoms with Gasteiger partial charge in [-0.15, -0.1) is 0 Å². The van der Waals surface area contributed by atoms with Gasteiger partial charge in [0.05, 0.1) is 0 Å². The molecule has 110 valence electrons. The van der Waals surface area contributed by atoms with Crippen LogP contribution in [0.25, 0.3) is 0 Å². The van der Waals surface area contributed by atoms with Crippen LogP contribution in [0.15, 0.2) is 24.3 Å². The Morgan fingerprint density at radius 1 is 1.15 bits per heavy atom. The number of nitrogens with two attached hydrogens (primary N) is 1. The largest absolute Gasteiger partial charge is 0.345 e. The molecule has 1 aromatic rings. The first kappa shape index (κ1) is 16.2. The van der Waals surface area contributed by atoms with Crippen LogP contribution in [0.1, 0.15) is 29.3 Å². The molecule has 1 rings (SSSR count). The first-order valence-electron chi connectivity index (χ1n) is 6.78. The Morgan fingerprint density at radius 3 is 2.20 bits per heavy atom. The maximum absolute atomic E-state index is 11.8. The van der Waals surface area contributed by atoms with Crippen LogP contribution in [0.4, 0.5) is 0 Å². The average molecular weight is 277 g/mol. The van der Waals surface area contributed by atoms with Crippen molar-refractivity contribution in [3.8, 4) is 0 Å². The number of nitrogens with zero attached hydrogens (tertiary/aromatic N) is 2. The van der Waals surface area contributed by atoms with Crippen LogP contribution in [0, 0.1) is 0 Å². The summed E-state index contributed by atoms with van der Waals surface area (Å²) in [5, 5.41) is 0. The summed E-state index contributed by atoms with van der Waals surface area (Å²) in [6.07, 6.45) is 0.366. The van der Waals surface area contributed by atoms with Crippen LogP contribution >= 0.6 is 0 Å². The third-order valence-electron chi connectivity index (χ3n) is 3.07. The molecule has 0 saturated carbocycles. The smallest absolute Gasteiger partial charge is 0.253 e. The highest BCUT2D eigenvalue weighted by Gasteiger charge is 2.12. The van der Waals surface area contributed by atoms with Gasteiger partial charge in [-0.05, 0) is 24.6 Å². The van der Waals surface area contributed by atoms with E-state index in [1.165, 1.54) is 4.90 Å². The minimum absolute atomic E-state index is 0.0249. The second kappa shape index (κ2) is 7.65. The van der Waals surface area contributed by atoms with E-state index in [9.17, 15) is 9.59 Å². The van der Waals surface area contributed by atoms with E-state index in [0.29, 0.717) is 31.6 Å². The fourth-order valence-corrected chi connectivity index (χ4v) is 1.89. The Bertz CT molecular complexity index is 455. The summed E-state index contributed by atoms with van der Waals surface area (Å²) in [4.78, 5) is 26.9. The van der Waals surface area contributed by atoms with Crippen molar-refractivity contribution in [2.24, 2.45) is 5.73 Å². The number of rotatable bonds is 6. The predicted octanol–water partition coefficient (Wildman–Crippen LogP) is 1.09. The van der Waals surface area contributed by atoms with E-state index in [0.717, 1.165) is 5.56 Å². The zero-order valence-electron chi connectivity index (χ0n) is 12.4. The van der Waals surface area contributed by atoms with E-state index in [1.807, 2.05) is 19.1 Å². The van der Waals surface area contributed by atoms with Crippen LogP contribution < -0.4 is 5.73 Å². The molecule has 0 aliphatic heterocycles. The summed E-state index contributed by atoms with van der Waals surface area (Å²) in [6.45, 7) is 3.51. The summed E-state index contributed by atoms with van der Waals surface area (Å²) >= 11 is 0. The summed E-state index contributed by atoms with van der Waals surface area (Å²) < 4.78 is 0. The highest BCUT2D eigenvalue weighted by molar-refractivity contribution is 5.93. The molecular weight excluding hydrogens is 254 g/mol. The van der Waals surface area contributed by atoms with Crippen LogP contribution in [-0.4, -0.2) is 48.8 Å². The lowest BCUT2D eigenvalue weighted by molar-refractivity contribution is -0.131. The molecule has 0 spiro atoms. The van der Waals surface area contributed by atoms with Gasteiger partial charge in [0.15, 0.2) is 0 Å². The lowest BCUT2D eigenvalue weighted by Crippen LogP contribution is -2.31. The minimum atomic E-state index is -0.0249. The molecule has 20 heavy (non-hydrogen) atoms. The molecular formula is C15H23N3O2. The zero-order valence-corrected chi connectivity index (χ0v) is 12.4. The quantitative estimate of drug-likeness (QED) is 0.846. The molecule has 0 aliphatic carbocycles. The molecule has 0 bridgehead atoms. The number of benzene rings is 1. The van der Waals surface area contributed by atoms with Gasteiger partial charge in [-0.2, -0.15) is 0 Å². The van der Waals surface area contributed by atoms with Crippen molar-refractivity contribution in [1.29, 1.82) is 0 Å². The van der Waals surface area contributed by atoms with Gasteiger partial charge in [0.25, 0.3) is 5.91 Å². The van der Waals surface area contributed by atoms with Crippen molar-refractivity contribution < 1.29 is 9.59 Å². The van der Waals surface area contributed by atoms with Crippen LogP contribution in [0.2, 0.25) is 0 Å². The normalized spacial score (nSPS) is 10.2. The second-order valence-corrected chi connectivity index (χ2v) is 4.84. The van der Waals surface area contributed by atoms with Crippen LogP contribution in [0.3, 0.4) is 0 Å².